The van der Waals surface area contributed by atoms with E-state index in [0.29, 0.717) is 46.7 Å². The highest BCUT2D eigenvalue weighted by Crippen LogP contribution is 2.33. The summed E-state index contributed by atoms with van der Waals surface area (Å²) in [5, 5.41) is 17.1. The monoisotopic (exact) mass is 1070 g/mol. The molecule has 0 saturated heterocycles. The zero-order chi connectivity index (χ0) is 56.5. The highest BCUT2D eigenvalue weighted by atomic mass is 16.5. The summed E-state index contributed by atoms with van der Waals surface area (Å²) < 4.78 is 23.2. The van der Waals surface area contributed by atoms with Gasteiger partial charge in [-0.2, -0.15) is 10.2 Å². The third kappa shape index (κ3) is 12.5. The Kier molecular flexibility index (Phi) is 17.5. The molecule has 78 heavy (non-hydrogen) atoms. The molecular weight excluding hydrogens is 1010 g/mol. The maximum absolute atomic E-state index is 14.0. The van der Waals surface area contributed by atoms with Crippen molar-refractivity contribution in [3.8, 4) is 11.5 Å². The number of primary amides is 2. The van der Waals surface area contributed by atoms with Crippen LogP contribution in [0.5, 0.6) is 11.5 Å². The predicted octanol–water partition coefficient (Wildman–Crippen LogP) is 1.99. The fourth-order valence-electron chi connectivity index (χ4n) is 8.63. The number of nitrogens with one attached hydrogen (secondary N) is 3. The lowest BCUT2D eigenvalue weighted by Gasteiger charge is -2.24. The number of imide groups is 1. The fourth-order valence-corrected chi connectivity index (χ4v) is 8.63. The van der Waals surface area contributed by atoms with E-state index in [1.165, 1.54) is 48.0 Å². The first-order valence-electron chi connectivity index (χ1n) is 24.6. The number of hydrogen-bond donors (Lipinski definition) is 5. The van der Waals surface area contributed by atoms with Gasteiger partial charge in [0.25, 0.3) is 23.6 Å². The molecule has 27 heteroatoms. The molecule has 27 nitrogen and oxygen atoms in total. The van der Waals surface area contributed by atoms with Gasteiger partial charge in [0.2, 0.25) is 35.5 Å². The lowest BCUT2D eigenvalue weighted by molar-refractivity contribution is -0.145. The lowest BCUT2D eigenvalue weighted by atomic mass is 10.1. The fraction of sp³-hybridized carbons (Fsp3) is 0.353. The molecule has 410 valence electrons. The Morgan fingerprint density at radius 3 is 1.71 bits per heavy atom. The van der Waals surface area contributed by atoms with Crippen LogP contribution in [0.25, 0.3) is 22.1 Å². The second-order valence-corrected chi connectivity index (χ2v) is 17.8. The maximum Gasteiger partial charge on any atom is 0.308 e. The molecule has 0 fully saturated rings. The van der Waals surface area contributed by atoms with E-state index >= 15 is 0 Å². The largest absolute Gasteiger partial charge is 0.494 e. The van der Waals surface area contributed by atoms with E-state index in [2.05, 4.69) is 31.1 Å². The number of ether oxygens (including phenoxy) is 3. The van der Waals surface area contributed by atoms with Crippen molar-refractivity contribution in [3.63, 3.8) is 0 Å². The number of imidazole rings is 2. The summed E-state index contributed by atoms with van der Waals surface area (Å²) in [7, 11) is 4.01. The average molecular weight is 1070 g/mol. The molecule has 0 saturated carbocycles. The first-order valence-corrected chi connectivity index (χ1v) is 24.6. The summed E-state index contributed by atoms with van der Waals surface area (Å²) in [6.45, 7) is 7.85. The number of allylic oxidation sites excluding steroid dienone is 2. The molecule has 1 atom stereocenters. The van der Waals surface area contributed by atoms with E-state index in [1.54, 1.807) is 51.9 Å². The van der Waals surface area contributed by atoms with Crippen LogP contribution < -0.4 is 36.9 Å². The number of aromatic nitrogens is 8. The van der Waals surface area contributed by atoms with Crippen LogP contribution in [-0.4, -0.2) is 149 Å². The number of anilines is 2. The van der Waals surface area contributed by atoms with Crippen molar-refractivity contribution in [3.05, 3.63) is 94.6 Å². The number of fused-ring (bicyclic) bond motifs is 2. The summed E-state index contributed by atoms with van der Waals surface area (Å²) in [5.41, 5.74) is 14.7. The van der Waals surface area contributed by atoms with Crippen LogP contribution in [0, 0.1) is 13.8 Å². The number of nitrogens with two attached hydrogens (primary N) is 2. The molecule has 0 spiro atoms. The molecule has 8 amide bonds. The number of carbonyl (C=O) groups is 9. The number of likely N-dealkylation sites (N-methyl/N-ethyl adjacent to an activating group) is 1. The Balaban J connectivity index is 1.17. The van der Waals surface area contributed by atoms with Crippen molar-refractivity contribution < 1.29 is 57.4 Å². The van der Waals surface area contributed by atoms with Gasteiger partial charge in [0.1, 0.15) is 40.0 Å². The molecule has 1 aliphatic heterocycles. The number of rotatable bonds is 25. The van der Waals surface area contributed by atoms with Crippen LogP contribution in [-0.2, 0) is 54.9 Å². The van der Waals surface area contributed by atoms with Crippen molar-refractivity contribution >= 4 is 87.2 Å². The standard InChI is InChI=1S/C51H59N15O12/c1-8-65-35(21-28(3)59-65)47(73)57-50-55-32-23-30(45(52)71)25-37(76-6)43(32)63(50)17-10-11-18-64-44-33(56-51(64)58-48(74)36-22-29(4)60-66(36)9-2)24-31(46(53)72)26-38(44)78-20-12-16-61(5)49(75)34(27-42(70)77-7)54-39(67)15-19-62-40(68)13-14-41(62)69/h10-11,13-14,21-26,34H,8-9,12,15-20,27H2,1-7H3,(H2,52,71)(H2,53,72)(H,54,67)(H,55,57,73)(H,56,58,74)/b11-10+/t34-/m0/s1. The number of hydrogen-bond acceptors (Lipinski definition) is 16. The van der Waals surface area contributed by atoms with Gasteiger partial charge in [-0.15, -0.1) is 0 Å². The normalized spacial score (nSPS) is 12.6. The lowest BCUT2D eigenvalue weighted by Crippen LogP contribution is -2.49. The number of nitrogens with zero attached hydrogens (tertiary/aromatic N) is 10. The molecule has 0 aliphatic carbocycles. The van der Waals surface area contributed by atoms with E-state index < -0.39 is 65.7 Å². The van der Waals surface area contributed by atoms with Crippen molar-refractivity contribution in [1.29, 1.82) is 0 Å². The zero-order valence-electron chi connectivity index (χ0n) is 43.9. The first-order chi connectivity index (χ1) is 37.2. The van der Waals surface area contributed by atoms with Crippen LogP contribution in [0.15, 0.2) is 60.7 Å². The minimum Gasteiger partial charge on any atom is -0.494 e. The van der Waals surface area contributed by atoms with Gasteiger partial charge in [0.15, 0.2) is 0 Å². The summed E-state index contributed by atoms with van der Waals surface area (Å²) in [4.78, 5) is 127. The maximum atomic E-state index is 14.0. The van der Waals surface area contributed by atoms with Crippen molar-refractivity contribution in [2.75, 3.05) is 51.6 Å². The van der Waals surface area contributed by atoms with E-state index in [9.17, 15) is 43.2 Å². The quantitative estimate of drug-likeness (QED) is 0.0237. The third-order valence-electron chi connectivity index (χ3n) is 12.4. The molecule has 0 bridgehead atoms. The highest BCUT2D eigenvalue weighted by molar-refractivity contribution is 6.13. The summed E-state index contributed by atoms with van der Waals surface area (Å²) >= 11 is 0. The highest BCUT2D eigenvalue weighted by Gasteiger charge is 2.30. The topological polar surface area (TPSA) is 347 Å². The summed E-state index contributed by atoms with van der Waals surface area (Å²) in [6, 6.07) is 7.76. The number of methoxy groups -OCH3 is 2. The molecule has 7 N–H and O–H groups in total. The van der Waals surface area contributed by atoms with Crippen LogP contribution in [0.3, 0.4) is 0 Å². The van der Waals surface area contributed by atoms with Gasteiger partial charge in [0, 0.05) is 76.0 Å². The predicted molar refractivity (Wildman–Crippen MR) is 280 cm³/mol. The number of benzene rings is 2. The van der Waals surface area contributed by atoms with Crippen molar-refractivity contribution in [1.82, 2.24) is 53.8 Å². The van der Waals surface area contributed by atoms with Gasteiger partial charge in [-0.3, -0.25) is 68.0 Å². The summed E-state index contributed by atoms with van der Waals surface area (Å²) in [5.74, 6) is -5.26. The Morgan fingerprint density at radius 1 is 0.731 bits per heavy atom. The van der Waals surface area contributed by atoms with Crippen LogP contribution >= 0.6 is 0 Å². The van der Waals surface area contributed by atoms with Gasteiger partial charge < -0.3 is 45.0 Å². The second-order valence-electron chi connectivity index (χ2n) is 17.8. The van der Waals surface area contributed by atoms with E-state index in [0.717, 1.165) is 24.2 Å². The molecule has 4 aromatic heterocycles. The molecular formula is C51H59N15O12. The first kappa shape index (κ1) is 56.0. The Hall–Kier alpha value is -9.69. The van der Waals surface area contributed by atoms with Gasteiger partial charge in [-0.1, -0.05) is 12.2 Å². The molecule has 1 aliphatic rings. The third-order valence-corrected chi connectivity index (χ3v) is 12.4. The van der Waals surface area contributed by atoms with Gasteiger partial charge in [-0.05, 0) is 70.5 Å². The Morgan fingerprint density at radius 2 is 1.23 bits per heavy atom. The van der Waals surface area contributed by atoms with Crippen molar-refractivity contribution in [2.24, 2.45) is 11.5 Å². The zero-order valence-corrected chi connectivity index (χ0v) is 43.9. The molecule has 7 rings (SSSR count). The summed E-state index contributed by atoms with van der Waals surface area (Å²) in [6.07, 6.45) is 5.03. The van der Waals surface area contributed by atoms with E-state index in [4.69, 9.17) is 30.7 Å². The van der Waals surface area contributed by atoms with Crippen LogP contribution in [0.2, 0.25) is 0 Å². The van der Waals surface area contributed by atoms with Gasteiger partial charge >= 0.3 is 5.97 Å². The molecule has 5 heterocycles. The average Bonchev–Trinajstić information content (AvgIpc) is 4.29. The van der Waals surface area contributed by atoms with Crippen LogP contribution in [0.1, 0.15) is 86.2 Å². The number of carbonyl (C=O) groups excluding carboxylic acids is 9. The van der Waals surface area contributed by atoms with Crippen LogP contribution in [0.4, 0.5) is 11.9 Å². The van der Waals surface area contributed by atoms with Gasteiger partial charge in [-0.25, -0.2) is 9.97 Å². The second kappa shape index (κ2) is 24.3. The smallest absolute Gasteiger partial charge is 0.308 e. The number of esters is 1. The number of aryl methyl sites for hydroxylation is 4. The number of amides is 8. The molecule has 2 aromatic carbocycles. The minimum atomic E-state index is -1.35. The van der Waals surface area contributed by atoms with E-state index in [1.807, 2.05) is 13.8 Å². The minimum absolute atomic E-state index is 0.0166. The molecule has 0 radical (unpaired) electrons. The Labute approximate surface area is 445 Å². The SMILES string of the molecule is CCn1nc(C)cc1C(=O)Nc1nc2cc(C(N)=O)cc(OC)c2n1C/C=C/Cn1c(NC(=O)c2cc(C)nn2CC)nc2cc(C(N)=O)cc(OCCCN(C)C(=O)[C@H](CC(=O)OC)NC(=O)CCN3C(=O)C=CC3=O)c21. The Bertz CT molecular complexity index is 3420. The molecule has 0 unspecified atom stereocenters. The molecule has 6 aromatic rings. The van der Waals surface area contributed by atoms with Gasteiger partial charge in [0.05, 0.1) is 49.7 Å². The van der Waals surface area contributed by atoms with Crippen molar-refractivity contribution in [2.45, 2.75) is 79.2 Å². The van der Waals surface area contributed by atoms with E-state index in [-0.39, 0.29) is 91.4 Å².